The van der Waals surface area contributed by atoms with Crippen molar-refractivity contribution in [1.82, 2.24) is 5.43 Å². The lowest BCUT2D eigenvalue weighted by Crippen LogP contribution is -2.29. The van der Waals surface area contributed by atoms with E-state index in [-0.39, 0.29) is 0 Å². The summed E-state index contributed by atoms with van der Waals surface area (Å²) < 4.78 is 5.15. The van der Waals surface area contributed by atoms with E-state index in [1.165, 1.54) is 11.8 Å². The summed E-state index contributed by atoms with van der Waals surface area (Å²) in [6.07, 6.45) is 1.50. The third-order valence-electron chi connectivity index (χ3n) is 3.47. The fourth-order valence-electron chi connectivity index (χ4n) is 2.13. The quantitative estimate of drug-likeness (QED) is 0.442. The number of nitrogens with one attached hydrogen (secondary N) is 2. The van der Waals surface area contributed by atoms with Gasteiger partial charge in [0.15, 0.2) is 5.11 Å². The molecule has 0 bridgehead atoms. The molecular weight excluding hydrogens is 350 g/mol. The van der Waals surface area contributed by atoms with E-state index in [4.69, 9.17) is 17.0 Å². The highest BCUT2D eigenvalue weighted by atomic mass is 32.1. The number of hydrazone groups is 1. The molecule has 0 aliphatic carbocycles. The van der Waals surface area contributed by atoms with Crippen molar-refractivity contribution in [3.63, 3.8) is 0 Å². The van der Waals surface area contributed by atoms with Gasteiger partial charge in [0, 0.05) is 11.3 Å². The van der Waals surface area contributed by atoms with E-state index >= 15 is 0 Å². The smallest absolute Gasteiger partial charge is 0.191 e. The van der Waals surface area contributed by atoms with Crippen LogP contribution in [0.5, 0.6) is 5.75 Å². The number of anilines is 1. The number of hydrogen-bond acceptors (Lipinski definition) is 5. The summed E-state index contributed by atoms with van der Waals surface area (Å²) >= 11 is 5.20. The molecule has 0 heterocycles. The molecule has 26 heavy (non-hydrogen) atoms. The number of ether oxygens (including phenoxy) is 1. The van der Waals surface area contributed by atoms with Crippen molar-refractivity contribution in [2.24, 2.45) is 5.10 Å². The molecule has 0 saturated carbocycles. The Hall–Kier alpha value is -2.93. The molecule has 2 aromatic rings. The van der Waals surface area contributed by atoms with Crippen molar-refractivity contribution in [1.29, 1.82) is 0 Å². The number of para-hydroxylation sites is 1. The molecule has 0 amide bonds. The summed E-state index contributed by atoms with van der Waals surface area (Å²) in [6, 6.07) is 14.9. The molecule has 2 aromatic carbocycles. The Morgan fingerprint density at radius 2 is 1.92 bits per heavy atom. The first-order valence-electron chi connectivity index (χ1n) is 8.07. The maximum Gasteiger partial charge on any atom is 0.191 e. The molecular formula is C19H20N3O3S-. The van der Waals surface area contributed by atoms with E-state index in [9.17, 15) is 9.90 Å². The second kappa shape index (κ2) is 9.53. The summed E-state index contributed by atoms with van der Waals surface area (Å²) in [4.78, 5) is 10.5. The Morgan fingerprint density at radius 1 is 1.23 bits per heavy atom. The lowest BCUT2D eigenvalue weighted by atomic mass is 10.0. The number of carbonyl (C=O) groups excluding carboxylic acids is 1. The summed E-state index contributed by atoms with van der Waals surface area (Å²) in [5, 5.41) is 17.9. The molecule has 0 radical (unpaired) electrons. The standard InChI is InChI=1S/C19H21N3O3S/c1-13(2)14-7-9-16(10-8-14)21-19(26)22-20-11-15-5-3-4-6-17(15)25-12-18(23)24/h3-11,13H,12H2,1-2H3,(H,23,24)(H2,21,22,26)/p-1/b20-11-. The van der Waals surface area contributed by atoms with Crippen LogP contribution in [0, 0.1) is 0 Å². The Balaban J connectivity index is 1.91. The Labute approximate surface area is 157 Å². The van der Waals surface area contributed by atoms with Gasteiger partial charge in [0.2, 0.25) is 0 Å². The molecule has 0 spiro atoms. The molecule has 0 aromatic heterocycles. The number of carboxylic acid groups (broad SMARTS) is 1. The van der Waals surface area contributed by atoms with Crippen LogP contribution in [0.3, 0.4) is 0 Å². The van der Waals surface area contributed by atoms with Crippen LogP contribution in [0.1, 0.15) is 30.9 Å². The van der Waals surface area contributed by atoms with Crippen LogP contribution in [0.25, 0.3) is 0 Å². The van der Waals surface area contributed by atoms with Crippen molar-refractivity contribution in [3.05, 3.63) is 59.7 Å². The molecule has 6 nitrogen and oxygen atoms in total. The van der Waals surface area contributed by atoms with Gasteiger partial charge in [0.1, 0.15) is 12.4 Å². The average Bonchev–Trinajstić information content (AvgIpc) is 2.61. The van der Waals surface area contributed by atoms with Crippen LogP contribution in [0.15, 0.2) is 53.6 Å². The summed E-state index contributed by atoms with van der Waals surface area (Å²) in [7, 11) is 0. The molecule has 0 aliphatic rings. The Bertz CT molecular complexity index is 789. The van der Waals surface area contributed by atoms with E-state index in [0.717, 1.165) is 5.69 Å². The first-order chi connectivity index (χ1) is 12.5. The van der Waals surface area contributed by atoms with Crippen LogP contribution in [-0.4, -0.2) is 23.9 Å². The highest BCUT2D eigenvalue weighted by Gasteiger charge is 2.02. The van der Waals surface area contributed by atoms with Crippen LogP contribution >= 0.6 is 12.2 Å². The minimum absolute atomic E-state index is 0.340. The number of aliphatic carboxylic acids is 1. The lowest BCUT2D eigenvalue weighted by molar-refractivity contribution is -0.307. The summed E-state index contributed by atoms with van der Waals surface area (Å²) in [5.41, 5.74) is 5.44. The first-order valence-corrected chi connectivity index (χ1v) is 8.48. The van der Waals surface area contributed by atoms with E-state index in [1.807, 2.05) is 24.3 Å². The van der Waals surface area contributed by atoms with Gasteiger partial charge < -0.3 is 20.0 Å². The minimum atomic E-state index is -1.29. The largest absolute Gasteiger partial charge is 0.546 e. The van der Waals surface area contributed by atoms with E-state index in [0.29, 0.717) is 22.3 Å². The van der Waals surface area contributed by atoms with Crippen molar-refractivity contribution in [2.75, 3.05) is 11.9 Å². The number of hydrogen-bond donors (Lipinski definition) is 2. The predicted molar refractivity (Wildman–Crippen MR) is 104 cm³/mol. The molecule has 136 valence electrons. The van der Waals surface area contributed by atoms with Crippen LogP contribution < -0.4 is 20.6 Å². The number of nitrogens with zero attached hydrogens (tertiary/aromatic N) is 1. The van der Waals surface area contributed by atoms with Crippen molar-refractivity contribution in [3.8, 4) is 5.75 Å². The van der Waals surface area contributed by atoms with Crippen LogP contribution in [-0.2, 0) is 4.79 Å². The Kier molecular flexibility index (Phi) is 7.11. The zero-order valence-corrected chi connectivity index (χ0v) is 15.4. The second-order valence-electron chi connectivity index (χ2n) is 5.80. The molecule has 0 atom stereocenters. The zero-order chi connectivity index (χ0) is 18.9. The van der Waals surface area contributed by atoms with E-state index < -0.39 is 12.6 Å². The third-order valence-corrected chi connectivity index (χ3v) is 3.66. The van der Waals surface area contributed by atoms with Gasteiger partial charge in [-0.05, 0) is 48.0 Å². The SMILES string of the molecule is CC(C)c1ccc(NC(=S)N/N=C\c2ccccc2OCC(=O)[O-])cc1. The molecule has 0 fully saturated rings. The monoisotopic (exact) mass is 370 g/mol. The van der Waals surface area contributed by atoms with Crippen LogP contribution in [0.2, 0.25) is 0 Å². The minimum Gasteiger partial charge on any atom is -0.546 e. The normalized spacial score (nSPS) is 10.7. The second-order valence-corrected chi connectivity index (χ2v) is 6.21. The number of rotatable bonds is 7. The highest BCUT2D eigenvalue weighted by molar-refractivity contribution is 7.80. The number of carbonyl (C=O) groups is 1. The Morgan fingerprint density at radius 3 is 2.58 bits per heavy atom. The lowest BCUT2D eigenvalue weighted by Gasteiger charge is -2.10. The van der Waals surface area contributed by atoms with Crippen molar-refractivity contribution >= 4 is 35.2 Å². The van der Waals surface area contributed by atoms with Gasteiger partial charge in [0.25, 0.3) is 0 Å². The molecule has 7 heteroatoms. The van der Waals surface area contributed by atoms with Gasteiger partial charge in [0.05, 0.1) is 12.2 Å². The molecule has 2 N–H and O–H groups in total. The first kappa shape index (κ1) is 19.4. The van der Waals surface area contributed by atoms with Crippen LogP contribution in [0.4, 0.5) is 5.69 Å². The molecule has 0 unspecified atom stereocenters. The molecule has 0 aliphatic heterocycles. The zero-order valence-electron chi connectivity index (χ0n) is 14.6. The number of carboxylic acids is 1. The van der Waals surface area contributed by atoms with Gasteiger partial charge in [-0.1, -0.05) is 38.1 Å². The summed E-state index contributed by atoms with van der Waals surface area (Å²) in [6.45, 7) is 3.75. The average molecular weight is 370 g/mol. The predicted octanol–water partition coefficient (Wildman–Crippen LogP) is 2.26. The fraction of sp³-hybridized carbons (Fsp3) is 0.211. The number of benzene rings is 2. The maximum atomic E-state index is 10.5. The number of thiocarbonyl (C=S) groups is 1. The van der Waals surface area contributed by atoms with Crippen molar-refractivity contribution < 1.29 is 14.6 Å². The fourth-order valence-corrected chi connectivity index (χ4v) is 2.30. The van der Waals surface area contributed by atoms with Gasteiger partial charge in [-0.15, -0.1) is 0 Å². The summed E-state index contributed by atoms with van der Waals surface area (Å²) in [5.74, 6) is -0.424. The topological polar surface area (TPSA) is 85.8 Å². The van der Waals surface area contributed by atoms with Gasteiger partial charge >= 0.3 is 0 Å². The molecule has 2 rings (SSSR count). The van der Waals surface area contributed by atoms with E-state index in [2.05, 4.69) is 29.7 Å². The maximum absolute atomic E-state index is 10.5. The third kappa shape index (κ3) is 6.18. The van der Waals surface area contributed by atoms with Gasteiger partial charge in [-0.25, -0.2) is 0 Å². The van der Waals surface area contributed by atoms with Gasteiger partial charge in [-0.3, -0.25) is 5.43 Å². The van der Waals surface area contributed by atoms with E-state index in [1.54, 1.807) is 24.3 Å². The highest BCUT2D eigenvalue weighted by Crippen LogP contribution is 2.17. The van der Waals surface area contributed by atoms with Gasteiger partial charge in [-0.2, -0.15) is 5.10 Å². The molecule has 0 saturated heterocycles. The van der Waals surface area contributed by atoms with Crippen molar-refractivity contribution in [2.45, 2.75) is 19.8 Å².